The minimum Gasteiger partial charge on any atom is -0.515 e. The zero-order valence-corrected chi connectivity index (χ0v) is 6.16. The van der Waals surface area contributed by atoms with Crippen molar-refractivity contribution in [2.75, 3.05) is 7.05 Å². The van der Waals surface area contributed by atoms with Gasteiger partial charge in [0.2, 0.25) is 0 Å². The minimum atomic E-state index is -0.0602. The van der Waals surface area contributed by atoms with Crippen molar-refractivity contribution < 1.29 is 9.90 Å². The lowest BCUT2D eigenvalue weighted by Gasteiger charge is -2.12. The van der Waals surface area contributed by atoms with E-state index in [9.17, 15) is 4.79 Å². The van der Waals surface area contributed by atoms with E-state index < -0.39 is 0 Å². The van der Waals surface area contributed by atoms with Gasteiger partial charge >= 0.3 is 0 Å². The lowest BCUT2D eigenvalue weighted by molar-refractivity contribution is -0.124. The highest BCUT2D eigenvalue weighted by atomic mass is 16.2. The molecule has 0 saturated carbocycles. The van der Waals surface area contributed by atoms with E-state index in [0.29, 0.717) is 12.0 Å². The Morgan fingerprint density at radius 1 is 1.80 bits per heavy atom. The summed E-state index contributed by atoms with van der Waals surface area (Å²) in [7, 11) is 1.74. The van der Waals surface area contributed by atoms with Gasteiger partial charge in [0.25, 0.3) is 5.91 Å². The first-order valence-corrected chi connectivity index (χ1v) is 3.27. The number of amides is 1. The highest BCUT2D eigenvalue weighted by Crippen LogP contribution is 2.20. The monoisotopic (exact) mass is 141 g/mol. The van der Waals surface area contributed by atoms with E-state index in [2.05, 4.69) is 0 Å². The molecule has 1 N–H and O–H groups in total. The van der Waals surface area contributed by atoms with Crippen molar-refractivity contribution in [1.29, 1.82) is 0 Å². The molecular weight excluding hydrogens is 130 g/mol. The molecule has 3 nitrogen and oxygen atoms in total. The number of aliphatic hydroxyl groups is 1. The van der Waals surface area contributed by atoms with E-state index in [0.717, 1.165) is 6.26 Å². The number of likely N-dealkylation sites (N-methyl/N-ethyl adjacent to an activating group) is 1. The zero-order valence-electron chi connectivity index (χ0n) is 6.16. The Morgan fingerprint density at radius 3 is 2.60 bits per heavy atom. The van der Waals surface area contributed by atoms with Gasteiger partial charge in [-0.2, -0.15) is 0 Å². The van der Waals surface area contributed by atoms with Crippen LogP contribution in [-0.4, -0.2) is 29.0 Å². The largest absolute Gasteiger partial charge is 0.515 e. The Labute approximate surface area is 59.9 Å². The van der Waals surface area contributed by atoms with Crippen LogP contribution in [0.2, 0.25) is 0 Å². The predicted molar refractivity (Wildman–Crippen MR) is 37.6 cm³/mol. The molecule has 1 aliphatic rings. The molecule has 0 aromatic rings. The third-order valence-corrected chi connectivity index (χ3v) is 1.93. The van der Waals surface area contributed by atoms with Crippen molar-refractivity contribution in [2.24, 2.45) is 0 Å². The first-order valence-electron chi connectivity index (χ1n) is 3.27. The maximum atomic E-state index is 11.0. The summed E-state index contributed by atoms with van der Waals surface area (Å²) in [4.78, 5) is 12.7. The summed E-state index contributed by atoms with van der Waals surface area (Å²) in [5.41, 5.74) is 0.509. The van der Waals surface area contributed by atoms with Crippen LogP contribution in [0.25, 0.3) is 0 Å². The first-order chi connectivity index (χ1) is 4.66. The van der Waals surface area contributed by atoms with Crippen LogP contribution in [0, 0.1) is 0 Å². The molecule has 3 heteroatoms. The number of hydrogen-bond donors (Lipinski definition) is 1. The molecule has 56 valence electrons. The number of carbonyl (C=O) groups excluding carboxylic acids is 1. The van der Waals surface area contributed by atoms with Crippen molar-refractivity contribution in [3.05, 3.63) is 11.8 Å². The van der Waals surface area contributed by atoms with Gasteiger partial charge in [0.15, 0.2) is 0 Å². The predicted octanol–water partition coefficient (Wildman–Crippen LogP) is 0.679. The Morgan fingerprint density at radius 2 is 2.40 bits per heavy atom. The van der Waals surface area contributed by atoms with E-state index in [-0.39, 0.29) is 11.9 Å². The summed E-state index contributed by atoms with van der Waals surface area (Å²) in [5.74, 6) is -0.0602. The normalized spacial score (nSPS) is 30.2. The van der Waals surface area contributed by atoms with Gasteiger partial charge in [-0.1, -0.05) is 0 Å². The van der Waals surface area contributed by atoms with Crippen LogP contribution in [0.15, 0.2) is 11.8 Å². The van der Waals surface area contributed by atoms with Crippen LogP contribution in [0.3, 0.4) is 0 Å². The molecule has 0 aromatic heterocycles. The third kappa shape index (κ3) is 0.875. The smallest absolute Gasteiger partial charge is 0.252 e. The van der Waals surface area contributed by atoms with Gasteiger partial charge < -0.3 is 10.0 Å². The molecule has 1 amide bonds. The molecule has 0 aromatic carbocycles. The average Bonchev–Trinajstić information content (AvgIpc) is 2.17. The number of carbonyl (C=O) groups is 1. The van der Waals surface area contributed by atoms with Crippen LogP contribution in [0.1, 0.15) is 13.3 Å². The zero-order chi connectivity index (χ0) is 7.72. The van der Waals surface area contributed by atoms with E-state index in [1.807, 2.05) is 6.92 Å². The Hall–Kier alpha value is -0.990. The van der Waals surface area contributed by atoms with Crippen LogP contribution in [0.5, 0.6) is 0 Å². The second kappa shape index (κ2) is 2.33. The standard InChI is InChI=1S/C7H11NO2/c1-5-3-6(4-9)7(10)8(5)2/h4-5,9H,3H2,1-2H3/b6-4-/t5-/m1/s1. The van der Waals surface area contributed by atoms with Gasteiger partial charge in [-0.05, 0) is 6.92 Å². The van der Waals surface area contributed by atoms with Gasteiger partial charge in [0, 0.05) is 19.5 Å². The second-order valence-corrected chi connectivity index (χ2v) is 2.62. The van der Waals surface area contributed by atoms with E-state index in [1.165, 1.54) is 0 Å². The Kier molecular flexibility index (Phi) is 1.66. The molecule has 1 fully saturated rings. The Balaban J connectivity index is 2.81. The van der Waals surface area contributed by atoms with Crippen molar-refractivity contribution in [3.8, 4) is 0 Å². The number of hydrogen-bond acceptors (Lipinski definition) is 2. The second-order valence-electron chi connectivity index (χ2n) is 2.62. The molecule has 10 heavy (non-hydrogen) atoms. The van der Waals surface area contributed by atoms with E-state index in [4.69, 9.17) is 5.11 Å². The number of aliphatic hydroxyl groups excluding tert-OH is 1. The summed E-state index contributed by atoms with van der Waals surface area (Å²) in [6.07, 6.45) is 1.56. The molecule has 0 radical (unpaired) electrons. The van der Waals surface area contributed by atoms with E-state index >= 15 is 0 Å². The quantitative estimate of drug-likeness (QED) is 0.398. The van der Waals surface area contributed by atoms with Gasteiger partial charge in [-0.3, -0.25) is 4.79 Å². The molecule has 0 aliphatic carbocycles. The number of likely N-dealkylation sites (tertiary alicyclic amines) is 1. The summed E-state index contributed by atoms with van der Waals surface area (Å²) >= 11 is 0. The van der Waals surface area contributed by atoms with Gasteiger partial charge in [-0.15, -0.1) is 0 Å². The van der Waals surface area contributed by atoms with Gasteiger partial charge in [0.1, 0.15) is 0 Å². The maximum absolute atomic E-state index is 11.0. The summed E-state index contributed by atoms with van der Waals surface area (Å²) in [6, 6.07) is 0.228. The molecule has 1 heterocycles. The summed E-state index contributed by atoms with van der Waals surface area (Å²) in [5, 5.41) is 8.56. The number of nitrogens with zero attached hydrogens (tertiary/aromatic N) is 1. The SMILES string of the molecule is C[C@@H]1C/C(=C/O)C(=O)N1C. The van der Waals surface area contributed by atoms with Gasteiger partial charge in [0.05, 0.1) is 11.8 Å². The fourth-order valence-corrected chi connectivity index (χ4v) is 1.08. The molecule has 1 rings (SSSR count). The average molecular weight is 141 g/mol. The first kappa shape index (κ1) is 7.12. The van der Waals surface area contributed by atoms with Crippen molar-refractivity contribution in [3.63, 3.8) is 0 Å². The fraction of sp³-hybridized carbons (Fsp3) is 0.571. The van der Waals surface area contributed by atoms with Crippen LogP contribution >= 0.6 is 0 Å². The molecule has 1 aliphatic heterocycles. The van der Waals surface area contributed by atoms with E-state index in [1.54, 1.807) is 11.9 Å². The topological polar surface area (TPSA) is 40.5 Å². The lowest BCUT2D eigenvalue weighted by atomic mass is 10.2. The van der Waals surface area contributed by atoms with Gasteiger partial charge in [-0.25, -0.2) is 0 Å². The molecule has 1 saturated heterocycles. The summed E-state index contributed by atoms with van der Waals surface area (Å²) in [6.45, 7) is 1.95. The highest BCUT2D eigenvalue weighted by Gasteiger charge is 2.28. The molecule has 1 atom stereocenters. The van der Waals surface area contributed by atoms with Crippen LogP contribution in [-0.2, 0) is 4.79 Å². The van der Waals surface area contributed by atoms with Crippen molar-refractivity contribution in [1.82, 2.24) is 4.90 Å². The third-order valence-electron chi connectivity index (χ3n) is 1.93. The fourth-order valence-electron chi connectivity index (χ4n) is 1.08. The highest BCUT2D eigenvalue weighted by molar-refractivity contribution is 5.95. The maximum Gasteiger partial charge on any atom is 0.252 e. The molecule has 0 unspecified atom stereocenters. The number of rotatable bonds is 0. The van der Waals surface area contributed by atoms with Crippen molar-refractivity contribution >= 4 is 5.91 Å². The minimum absolute atomic E-state index is 0.0602. The Bertz CT molecular complexity index is 186. The lowest BCUT2D eigenvalue weighted by Crippen LogP contribution is -2.25. The molecule has 0 bridgehead atoms. The van der Waals surface area contributed by atoms with Crippen LogP contribution in [0.4, 0.5) is 0 Å². The van der Waals surface area contributed by atoms with Crippen LogP contribution < -0.4 is 0 Å². The molecular formula is C7H11NO2. The van der Waals surface area contributed by atoms with Crippen molar-refractivity contribution in [2.45, 2.75) is 19.4 Å². The molecule has 0 spiro atoms. The summed E-state index contributed by atoms with van der Waals surface area (Å²) < 4.78 is 0.